The number of amides is 2. The lowest BCUT2D eigenvalue weighted by molar-refractivity contribution is -0.134. The number of halogens is 2. The van der Waals surface area contributed by atoms with Gasteiger partial charge in [-0.1, -0.05) is 12.1 Å². The number of nitrogens with zero attached hydrogens (tertiary/aromatic N) is 10. The quantitative estimate of drug-likeness (QED) is 0.160. The summed E-state index contributed by atoms with van der Waals surface area (Å²) in [5.74, 6) is -2.75. The molecule has 67 heavy (non-hydrogen) atoms. The second-order valence-corrected chi connectivity index (χ2v) is 19.4. The maximum absolute atomic E-state index is 15.3. The number of fused-ring (bicyclic) bond motifs is 5. The van der Waals surface area contributed by atoms with E-state index in [-0.39, 0.29) is 34.7 Å². The van der Waals surface area contributed by atoms with Crippen LogP contribution in [0.4, 0.5) is 37.5 Å². The Balaban J connectivity index is 0.802. The average Bonchev–Trinajstić information content (AvgIpc) is 4.01. The molecule has 2 amide bonds. The number of anilines is 5. The number of hydrogen-bond acceptors (Lipinski definition) is 13. The average molecular weight is 914 g/mol. The minimum absolute atomic E-state index is 0.0779. The number of imide groups is 1. The number of nitrogens with one attached hydrogen (secondary N) is 3. The zero-order valence-electron chi connectivity index (χ0n) is 38.0. The number of nitriles is 1. The summed E-state index contributed by atoms with van der Waals surface area (Å²) in [6, 6.07) is 14.6. The molecule has 3 N–H and O–H groups in total. The summed E-state index contributed by atoms with van der Waals surface area (Å²) in [6.45, 7) is 8.67. The SMILES string of the molecule is Cn1nc(C2CCC(=O)NC2=O)c2cccc(N3CCC(C(C)(C)N4CCN(c5cc(Nc6ccc7c(c6)c6c(c(=O)n7C)OCC(F)(F)C(C7CC7)N6)n6ncc(C#N)c6n5)CC4)CC3)c21. The molecule has 19 heteroatoms. The fourth-order valence-electron chi connectivity index (χ4n) is 11.1. The first-order valence-electron chi connectivity index (χ1n) is 23.2. The predicted molar refractivity (Wildman–Crippen MR) is 249 cm³/mol. The zero-order chi connectivity index (χ0) is 46.5. The predicted octanol–water partition coefficient (Wildman–Crippen LogP) is 5.64. The van der Waals surface area contributed by atoms with Crippen LogP contribution in [-0.4, -0.2) is 109 Å². The highest BCUT2D eigenvalue weighted by molar-refractivity contribution is 6.04. The van der Waals surface area contributed by atoms with Gasteiger partial charge in [0.1, 0.15) is 23.3 Å². The van der Waals surface area contributed by atoms with Gasteiger partial charge in [-0.25, -0.2) is 13.8 Å². The highest BCUT2D eigenvalue weighted by atomic mass is 19.3. The second kappa shape index (κ2) is 15.9. The number of para-hydroxylation sites is 1. The summed E-state index contributed by atoms with van der Waals surface area (Å²) in [6.07, 6.45) is 5.65. The summed E-state index contributed by atoms with van der Waals surface area (Å²) in [5, 5.41) is 29.9. The van der Waals surface area contributed by atoms with Gasteiger partial charge in [-0.2, -0.15) is 20.0 Å². The van der Waals surface area contributed by atoms with Crippen molar-refractivity contribution in [1.82, 2.24) is 39.2 Å². The van der Waals surface area contributed by atoms with Crippen molar-refractivity contribution in [1.29, 1.82) is 5.26 Å². The fourth-order valence-corrected chi connectivity index (χ4v) is 11.1. The van der Waals surface area contributed by atoms with Gasteiger partial charge in [0.25, 0.3) is 5.56 Å². The first-order valence-corrected chi connectivity index (χ1v) is 23.2. The third-order valence-corrected chi connectivity index (χ3v) is 15.2. The van der Waals surface area contributed by atoms with Gasteiger partial charge >= 0.3 is 5.92 Å². The van der Waals surface area contributed by atoms with Crippen LogP contribution in [0.5, 0.6) is 5.75 Å². The Labute approximate surface area is 384 Å². The second-order valence-electron chi connectivity index (χ2n) is 19.4. The molecule has 3 saturated heterocycles. The van der Waals surface area contributed by atoms with Crippen LogP contribution in [0.15, 0.2) is 53.5 Å². The number of hydrogen-bond donors (Lipinski definition) is 3. The molecule has 1 saturated carbocycles. The zero-order valence-corrected chi connectivity index (χ0v) is 38.0. The number of pyridine rings is 1. The molecular formula is C48H53F2N13O4. The molecule has 11 rings (SSSR count). The summed E-state index contributed by atoms with van der Waals surface area (Å²) in [4.78, 5) is 50.3. The van der Waals surface area contributed by atoms with Gasteiger partial charge in [-0.3, -0.25) is 29.3 Å². The lowest BCUT2D eigenvalue weighted by Crippen LogP contribution is -2.59. The van der Waals surface area contributed by atoms with Gasteiger partial charge in [0.05, 0.1) is 46.3 Å². The van der Waals surface area contributed by atoms with Crippen molar-refractivity contribution in [3.63, 3.8) is 0 Å². The summed E-state index contributed by atoms with van der Waals surface area (Å²) >= 11 is 0. The number of aryl methyl sites for hydroxylation is 2. The van der Waals surface area contributed by atoms with Crippen LogP contribution in [-0.2, 0) is 23.7 Å². The Hall–Kier alpha value is -6.81. The number of carbonyl (C=O) groups excluding carboxylic acids is 2. The monoisotopic (exact) mass is 913 g/mol. The molecule has 4 fully saturated rings. The molecule has 4 aromatic heterocycles. The van der Waals surface area contributed by atoms with Gasteiger partial charge < -0.3 is 29.7 Å². The van der Waals surface area contributed by atoms with Gasteiger partial charge in [0.2, 0.25) is 17.6 Å². The van der Waals surface area contributed by atoms with Gasteiger partial charge in [-0.05, 0) is 82.1 Å². The Morgan fingerprint density at radius 2 is 1.72 bits per heavy atom. The Morgan fingerprint density at radius 1 is 0.940 bits per heavy atom. The number of alkyl halides is 2. The number of carbonyl (C=O) groups is 2. The summed E-state index contributed by atoms with van der Waals surface area (Å²) in [7, 11) is 3.53. The highest BCUT2D eigenvalue weighted by Gasteiger charge is 2.51. The van der Waals surface area contributed by atoms with Crippen LogP contribution >= 0.6 is 0 Å². The smallest absolute Gasteiger partial charge is 0.301 e. The van der Waals surface area contributed by atoms with E-state index in [1.165, 1.54) is 10.8 Å². The minimum atomic E-state index is -3.16. The van der Waals surface area contributed by atoms with Gasteiger partial charge in [-0.15, -0.1) is 0 Å². The number of benzene rings is 2. The largest absolute Gasteiger partial charge is 0.480 e. The molecule has 8 heterocycles. The first-order chi connectivity index (χ1) is 32.2. The van der Waals surface area contributed by atoms with E-state index in [1.807, 2.05) is 42.1 Å². The minimum Gasteiger partial charge on any atom is -0.480 e. The summed E-state index contributed by atoms with van der Waals surface area (Å²) < 4.78 is 41.1. The normalized spacial score (nSPS) is 21.7. The number of piperazine rings is 1. The van der Waals surface area contributed by atoms with Crippen molar-refractivity contribution < 1.29 is 23.1 Å². The molecule has 6 aromatic rings. The number of piperidine rings is 2. The molecule has 0 spiro atoms. The van der Waals surface area contributed by atoms with E-state index in [0.29, 0.717) is 84.1 Å². The number of aromatic nitrogens is 6. The molecule has 17 nitrogen and oxygen atoms in total. The molecular weight excluding hydrogens is 861 g/mol. The van der Waals surface area contributed by atoms with Crippen LogP contribution in [0.2, 0.25) is 0 Å². The lowest BCUT2D eigenvalue weighted by Gasteiger charge is -2.50. The molecule has 2 atom stereocenters. The van der Waals surface area contributed by atoms with Crippen molar-refractivity contribution in [2.75, 3.05) is 66.3 Å². The third kappa shape index (κ3) is 7.27. The number of ether oxygens (including phenoxy) is 1. The fraction of sp³-hybridized carbons (Fsp3) is 0.479. The van der Waals surface area contributed by atoms with Crippen LogP contribution in [0.25, 0.3) is 27.5 Å². The van der Waals surface area contributed by atoms with Crippen molar-refractivity contribution in [3.8, 4) is 11.8 Å². The first kappa shape index (κ1) is 42.8. The van der Waals surface area contributed by atoms with Crippen molar-refractivity contribution in [3.05, 3.63) is 70.3 Å². The molecule has 2 aromatic carbocycles. The Morgan fingerprint density at radius 3 is 2.45 bits per heavy atom. The molecule has 0 radical (unpaired) electrons. The van der Waals surface area contributed by atoms with Crippen LogP contribution in [0.1, 0.15) is 69.5 Å². The van der Waals surface area contributed by atoms with E-state index in [4.69, 9.17) is 14.8 Å². The summed E-state index contributed by atoms with van der Waals surface area (Å²) in [5.41, 5.74) is 4.45. The van der Waals surface area contributed by atoms with E-state index in [9.17, 15) is 19.6 Å². The Kier molecular flexibility index (Phi) is 10.2. The van der Waals surface area contributed by atoms with Crippen molar-refractivity contribution in [2.24, 2.45) is 25.9 Å². The topological polar surface area (TPSA) is 183 Å². The van der Waals surface area contributed by atoms with E-state index >= 15 is 8.78 Å². The van der Waals surface area contributed by atoms with Crippen LogP contribution < -0.4 is 36.0 Å². The lowest BCUT2D eigenvalue weighted by atomic mass is 9.78. The van der Waals surface area contributed by atoms with Gasteiger partial charge in [0.15, 0.2) is 12.3 Å². The maximum Gasteiger partial charge on any atom is 0.301 e. The molecule has 2 unspecified atom stereocenters. The number of rotatable bonds is 8. The molecule has 5 aliphatic rings. The van der Waals surface area contributed by atoms with Crippen LogP contribution in [0, 0.1) is 23.2 Å². The molecule has 4 aliphatic heterocycles. The van der Waals surface area contributed by atoms with E-state index in [1.54, 1.807) is 17.6 Å². The third-order valence-electron chi connectivity index (χ3n) is 15.2. The van der Waals surface area contributed by atoms with Gasteiger partial charge in [0, 0.05) is 87.8 Å². The standard InChI is InChI=1S/C48H53F2N13O4/c1-47(2,29-14-16-60(17-15-29)35-7-5-6-31-39(57-59(4)41(31)35)32-11-13-38(64)55-45(32)65)62-20-18-61(19-21-62)36-23-37(63-44(54-36)28(24-51)25-52-63)53-30-10-12-34-33(22-30)40-42(46(66)58(34)3)67-26-48(49,50)43(56-40)27-8-9-27/h5-7,10,12,22-23,25,27,29,32,43,53,56H,8-9,11,13-21,26H2,1-4H3,(H,55,64,65). The van der Waals surface area contributed by atoms with E-state index in [2.05, 4.69) is 61.7 Å². The van der Waals surface area contributed by atoms with Crippen molar-refractivity contribution in [2.45, 2.75) is 75.8 Å². The van der Waals surface area contributed by atoms with E-state index < -0.39 is 30.0 Å². The maximum atomic E-state index is 15.3. The Bertz CT molecular complexity index is 3100. The van der Waals surface area contributed by atoms with Crippen LogP contribution in [0.3, 0.4) is 0 Å². The highest BCUT2D eigenvalue weighted by Crippen LogP contribution is 2.46. The van der Waals surface area contributed by atoms with E-state index in [0.717, 1.165) is 61.3 Å². The molecule has 1 aliphatic carbocycles. The molecule has 348 valence electrons. The molecule has 0 bridgehead atoms. The van der Waals surface area contributed by atoms with Crippen molar-refractivity contribution >= 4 is 68.0 Å².